The lowest BCUT2D eigenvalue weighted by Gasteiger charge is -2.27. The SMILES string of the molecule is O=C(C1SCN[C@@H]1CO)[C@@H]1CCCN1C(=O)CCC1Cc2ccc([N+](=O)[O-])cc2C1. The molecular formula is C21H27N3O5S. The lowest BCUT2D eigenvalue weighted by atomic mass is 9.98. The molecule has 1 aromatic carbocycles. The Bertz CT molecular complexity index is 848. The molecule has 3 aliphatic rings. The number of ketones is 1. The molecule has 0 spiro atoms. The minimum Gasteiger partial charge on any atom is -0.395 e. The van der Waals surface area contributed by atoms with Crippen molar-refractivity contribution in [3.8, 4) is 0 Å². The van der Waals surface area contributed by atoms with E-state index in [1.54, 1.807) is 17.0 Å². The standard InChI is InChI=1S/C21H27N3O5S/c25-11-17-21(30-12-22-17)20(27)18-2-1-7-23(18)19(26)6-3-13-8-14-4-5-16(24(28)29)10-15(14)9-13/h4-5,10,13,17-18,21-22,25H,1-3,6-9,11-12H2/t13?,17-,18+,21?/m1/s1. The van der Waals surface area contributed by atoms with Gasteiger partial charge in [0.25, 0.3) is 5.69 Å². The lowest BCUT2D eigenvalue weighted by Crippen LogP contribution is -2.48. The number of non-ortho nitro benzene ring substituents is 1. The molecule has 1 aromatic rings. The fraction of sp³-hybridized carbons (Fsp3) is 0.619. The van der Waals surface area contributed by atoms with Gasteiger partial charge in [-0.2, -0.15) is 0 Å². The molecule has 2 unspecified atom stereocenters. The highest BCUT2D eigenvalue weighted by atomic mass is 32.2. The molecule has 4 atom stereocenters. The van der Waals surface area contributed by atoms with Gasteiger partial charge in [0.2, 0.25) is 5.91 Å². The third kappa shape index (κ3) is 4.24. The molecule has 0 saturated carbocycles. The average molecular weight is 434 g/mol. The van der Waals surface area contributed by atoms with Gasteiger partial charge in [0.1, 0.15) is 0 Å². The zero-order chi connectivity index (χ0) is 21.3. The molecule has 30 heavy (non-hydrogen) atoms. The molecule has 2 fully saturated rings. The molecule has 8 nitrogen and oxygen atoms in total. The number of amides is 1. The third-order valence-corrected chi connectivity index (χ3v) is 7.79. The van der Waals surface area contributed by atoms with Crippen LogP contribution in [-0.4, -0.2) is 63.0 Å². The van der Waals surface area contributed by atoms with Crippen LogP contribution in [0.3, 0.4) is 0 Å². The number of nitro benzene ring substituents is 1. The predicted molar refractivity (Wildman–Crippen MR) is 113 cm³/mol. The van der Waals surface area contributed by atoms with Crippen molar-refractivity contribution in [1.82, 2.24) is 10.2 Å². The van der Waals surface area contributed by atoms with E-state index in [-0.39, 0.29) is 46.2 Å². The van der Waals surface area contributed by atoms with Crippen LogP contribution in [0.15, 0.2) is 18.2 Å². The number of fused-ring (bicyclic) bond motifs is 1. The number of nitrogens with one attached hydrogen (secondary N) is 1. The molecule has 2 N–H and O–H groups in total. The van der Waals surface area contributed by atoms with Crippen molar-refractivity contribution < 1.29 is 19.6 Å². The van der Waals surface area contributed by atoms with Gasteiger partial charge >= 0.3 is 0 Å². The summed E-state index contributed by atoms with van der Waals surface area (Å²) in [5.74, 6) is 1.01. The average Bonchev–Trinajstić information content (AvgIpc) is 3.49. The highest BCUT2D eigenvalue weighted by Gasteiger charge is 2.42. The summed E-state index contributed by atoms with van der Waals surface area (Å²) in [5.41, 5.74) is 2.26. The first-order valence-electron chi connectivity index (χ1n) is 10.5. The van der Waals surface area contributed by atoms with E-state index < -0.39 is 0 Å². The number of nitro groups is 1. The number of hydrogen-bond donors (Lipinski definition) is 2. The Morgan fingerprint density at radius 2 is 2.10 bits per heavy atom. The van der Waals surface area contributed by atoms with Crippen LogP contribution in [0.25, 0.3) is 0 Å². The second-order valence-electron chi connectivity index (χ2n) is 8.40. The number of hydrogen-bond acceptors (Lipinski definition) is 7. The van der Waals surface area contributed by atoms with E-state index in [1.807, 2.05) is 6.07 Å². The second-order valence-corrected chi connectivity index (χ2v) is 9.53. The summed E-state index contributed by atoms with van der Waals surface area (Å²) in [6.07, 6.45) is 4.23. The zero-order valence-corrected chi connectivity index (χ0v) is 17.6. The topological polar surface area (TPSA) is 113 Å². The molecule has 0 radical (unpaired) electrons. The molecule has 4 rings (SSSR count). The van der Waals surface area contributed by atoms with Crippen molar-refractivity contribution in [2.45, 2.75) is 55.9 Å². The highest BCUT2D eigenvalue weighted by molar-refractivity contribution is 8.00. The lowest BCUT2D eigenvalue weighted by molar-refractivity contribution is -0.384. The predicted octanol–water partition coefficient (Wildman–Crippen LogP) is 1.67. The van der Waals surface area contributed by atoms with Gasteiger partial charge in [-0.15, -0.1) is 11.8 Å². The normalized spacial score (nSPS) is 28.0. The van der Waals surface area contributed by atoms with Crippen molar-refractivity contribution in [1.29, 1.82) is 0 Å². The molecule has 2 heterocycles. The number of likely N-dealkylation sites (tertiary alicyclic amines) is 1. The monoisotopic (exact) mass is 433 g/mol. The number of Topliss-reactive ketones (excluding diaryl/α,β-unsaturated/α-hetero) is 1. The van der Waals surface area contributed by atoms with Crippen LogP contribution in [0, 0.1) is 16.0 Å². The Morgan fingerprint density at radius 1 is 1.30 bits per heavy atom. The first-order valence-corrected chi connectivity index (χ1v) is 11.6. The quantitative estimate of drug-likeness (QED) is 0.497. The van der Waals surface area contributed by atoms with Crippen LogP contribution in [0.4, 0.5) is 5.69 Å². The summed E-state index contributed by atoms with van der Waals surface area (Å²) in [5, 5.41) is 23.3. The number of thioether (sulfide) groups is 1. The fourth-order valence-corrected chi connectivity index (χ4v) is 6.17. The van der Waals surface area contributed by atoms with Gasteiger partial charge in [0.15, 0.2) is 5.78 Å². The molecule has 2 saturated heterocycles. The smallest absolute Gasteiger partial charge is 0.269 e. The Labute approximate surface area is 179 Å². The fourth-order valence-electron chi connectivity index (χ4n) is 4.94. The minimum absolute atomic E-state index is 0.0179. The van der Waals surface area contributed by atoms with Gasteiger partial charge in [-0.3, -0.25) is 19.7 Å². The first-order chi connectivity index (χ1) is 14.5. The van der Waals surface area contributed by atoms with Crippen LogP contribution in [0.1, 0.15) is 36.8 Å². The largest absolute Gasteiger partial charge is 0.395 e. The maximum atomic E-state index is 13.0. The van der Waals surface area contributed by atoms with E-state index in [9.17, 15) is 24.8 Å². The highest BCUT2D eigenvalue weighted by Crippen LogP contribution is 2.33. The number of carbonyl (C=O) groups is 2. The van der Waals surface area contributed by atoms with Crippen molar-refractivity contribution in [3.63, 3.8) is 0 Å². The Hall–Kier alpha value is -1.97. The summed E-state index contributed by atoms with van der Waals surface area (Å²) < 4.78 is 0. The van der Waals surface area contributed by atoms with Crippen molar-refractivity contribution in [2.24, 2.45) is 5.92 Å². The van der Waals surface area contributed by atoms with Crippen molar-refractivity contribution in [2.75, 3.05) is 19.0 Å². The molecule has 1 aliphatic carbocycles. The molecule has 0 aromatic heterocycles. The van der Waals surface area contributed by atoms with E-state index in [0.29, 0.717) is 31.2 Å². The van der Waals surface area contributed by atoms with Crippen LogP contribution in [0.2, 0.25) is 0 Å². The first kappa shape index (κ1) is 21.3. The second kappa shape index (κ2) is 9.03. The Kier molecular flexibility index (Phi) is 6.40. The van der Waals surface area contributed by atoms with Gasteiger partial charge in [-0.05, 0) is 49.1 Å². The molecule has 1 amide bonds. The molecule has 162 valence electrons. The summed E-state index contributed by atoms with van der Waals surface area (Å²) in [6.45, 7) is 0.533. The summed E-state index contributed by atoms with van der Waals surface area (Å²) in [4.78, 5) is 38.3. The van der Waals surface area contributed by atoms with Crippen LogP contribution in [0.5, 0.6) is 0 Å². The number of benzene rings is 1. The molecule has 9 heteroatoms. The van der Waals surface area contributed by atoms with Gasteiger partial charge in [-0.25, -0.2) is 0 Å². The number of carbonyl (C=O) groups excluding carboxylic acids is 2. The molecule has 2 aliphatic heterocycles. The summed E-state index contributed by atoms with van der Waals surface area (Å²) in [6, 6.07) is 4.41. The van der Waals surface area contributed by atoms with Gasteiger partial charge in [-0.1, -0.05) is 6.07 Å². The van der Waals surface area contributed by atoms with Gasteiger partial charge < -0.3 is 15.3 Å². The zero-order valence-electron chi connectivity index (χ0n) is 16.8. The summed E-state index contributed by atoms with van der Waals surface area (Å²) in [7, 11) is 0. The van der Waals surface area contributed by atoms with E-state index in [1.165, 1.54) is 11.8 Å². The number of rotatable bonds is 7. The van der Waals surface area contributed by atoms with Crippen LogP contribution < -0.4 is 5.32 Å². The van der Waals surface area contributed by atoms with E-state index in [0.717, 1.165) is 36.8 Å². The minimum atomic E-state index is -0.382. The number of aliphatic hydroxyl groups is 1. The van der Waals surface area contributed by atoms with E-state index in [4.69, 9.17) is 0 Å². The van der Waals surface area contributed by atoms with Gasteiger partial charge in [0.05, 0.1) is 22.8 Å². The number of aliphatic hydroxyl groups excluding tert-OH is 1. The third-order valence-electron chi connectivity index (χ3n) is 6.54. The maximum absolute atomic E-state index is 13.0. The summed E-state index contributed by atoms with van der Waals surface area (Å²) >= 11 is 1.51. The van der Waals surface area contributed by atoms with Crippen LogP contribution in [-0.2, 0) is 22.4 Å². The Balaban J connectivity index is 1.32. The maximum Gasteiger partial charge on any atom is 0.269 e. The number of nitrogens with zero attached hydrogens (tertiary/aromatic N) is 2. The van der Waals surface area contributed by atoms with Crippen molar-refractivity contribution in [3.05, 3.63) is 39.4 Å². The van der Waals surface area contributed by atoms with Crippen molar-refractivity contribution >= 4 is 29.1 Å². The van der Waals surface area contributed by atoms with E-state index >= 15 is 0 Å². The molecular weight excluding hydrogens is 406 g/mol. The van der Waals surface area contributed by atoms with E-state index in [2.05, 4.69) is 5.32 Å². The Morgan fingerprint density at radius 3 is 2.87 bits per heavy atom. The molecule has 0 bridgehead atoms. The van der Waals surface area contributed by atoms with Crippen LogP contribution >= 0.6 is 11.8 Å². The van der Waals surface area contributed by atoms with Gasteiger partial charge in [0, 0.05) is 37.0 Å².